The predicted molar refractivity (Wildman–Crippen MR) is 246 cm³/mol. The van der Waals surface area contributed by atoms with Crippen LogP contribution in [0.1, 0.15) is 86.3 Å². The number of fused-ring (bicyclic) bond motifs is 5. The summed E-state index contributed by atoms with van der Waals surface area (Å²) < 4.78 is 18.3. The second kappa shape index (κ2) is 20.9. The van der Waals surface area contributed by atoms with E-state index in [1.54, 1.807) is 41.8 Å². The molecule has 0 radical (unpaired) electrons. The van der Waals surface area contributed by atoms with E-state index in [-0.39, 0.29) is 54.1 Å². The minimum Gasteiger partial charge on any atom is -0.494 e. The summed E-state index contributed by atoms with van der Waals surface area (Å²) in [6.45, 7) is 7.23. The van der Waals surface area contributed by atoms with Crippen LogP contribution in [0.2, 0.25) is 0 Å². The van der Waals surface area contributed by atoms with Gasteiger partial charge in [-0.15, -0.1) is 0 Å². The van der Waals surface area contributed by atoms with E-state index in [1.165, 1.54) is 0 Å². The van der Waals surface area contributed by atoms with Gasteiger partial charge < -0.3 is 45.2 Å². The van der Waals surface area contributed by atoms with Crippen molar-refractivity contribution in [3.8, 4) is 17.1 Å². The number of unbranched alkanes of at least 4 members (excludes halogenated alkanes) is 1. The molecule has 4 heterocycles. The van der Waals surface area contributed by atoms with E-state index < -0.39 is 23.7 Å². The van der Waals surface area contributed by atoms with Gasteiger partial charge in [-0.1, -0.05) is 63.2 Å². The van der Waals surface area contributed by atoms with Crippen LogP contribution in [0.4, 0.5) is 10.5 Å². The molecule has 65 heavy (non-hydrogen) atoms. The molecular weight excluding hydrogens is 829 g/mol. The lowest BCUT2D eigenvalue weighted by Gasteiger charge is -2.31. The highest BCUT2D eigenvalue weighted by Gasteiger charge is 2.45. The van der Waals surface area contributed by atoms with Crippen LogP contribution in [-0.4, -0.2) is 71.3 Å². The number of amides is 3. The summed E-state index contributed by atoms with van der Waals surface area (Å²) in [5.41, 5.74) is 4.63. The third-order valence-corrected chi connectivity index (χ3v) is 12.2. The Morgan fingerprint density at radius 3 is 2.45 bits per heavy atom. The number of hydrogen-bond acceptors (Lipinski definition) is 11. The van der Waals surface area contributed by atoms with E-state index in [0.717, 1.165) is 52.5 Å². The number of anilines is 1. The predicted octanol–water partition coefficient (Wildman–Crippen LogP) is 6.03. The summed E-state index contributed by atoms with van der Waals surface area (Å²) >= 11 is 0. The van der Waals surface area contributed by atoms with E-state index in [9.17, 15) is 29.1 Å². The molecule has 0 bridgehead atoms. The van der Waals surface area contributed by atoms with Crippen molar-refractivity contribution in [2.75, 3.05) is 32.1 Å². The summed E-state index contributed by atoms with van der Waals surface area (Å²) in [5.74, 6) is -0.878. The van der Waals surface area contributed by atoms with E-state index in [2.05, 4.69) is 21.3 Å². The van der Waals surface area contributed by atoms with Crippen LogP contribution in [0.25, 0.3) is 22.3 Å². The monoisotopic (exact) mass is 886 g/mol. The smallest absolute Gasteiger partial charge is 0.407 e. The summed E-state index contributed by atoms with van der Waals surface area (Å²) in [6, 6.07) is 23.5. The molecule has 3 aromatic carbocycles. The number of aromatic nitrogens is 2. The Hall–Kier alpha value is -6.58. The molecule has 0 saturated heterocycles. The number of cyclic esters (lactones) is 1. The fourth-order valence-corrected chi connectivity index (χ4v) is 8.49. The molecule has 0 spiro atoms. The van der Waals surface area contributed by atoms with Crippen molar-refractivity contribution in [3.05, 3.63) is 123 Å². The molecule has 0 saturated carbocycles. The number of rotatable bonds is 20. The maximum Gasteiger partial charge on any atom is 0.407 e. The number of esters is 1. The first-order valence-corrected chi connectivity index (χ1v) is 22.5. The Labute approximate surface area is 378 Å². The molecule has 3 amide bonds. The molecule has 7 rings (SSSR count). The standard InChI is InChI=1S/C50H58N6O9/c1-5-36-37-26-35(20-21-41(37)54-44-38(36)28-56-43(44)27-40-39(47(56)59)30-64-48(60)50(40,62)6-2)63-24-12-23-52-49(61)65-29-33-16-18-34(19-17-33)53-46(58)42(15-10-11-22-51-4)55-45(57)31(3)25-32-13-8-7-9-14-32/h7-9,13-14,16-21,26-27,31,42,51,62H,5-6,10-12,15,22-25,28-30H2,1-4H3,(H,52,61)(H,53,58)(H,55,57)/t31-,42-,50-/m0/s1. The van der Waals surface area contributed by atoms with Gasteiger partial charge in [-0.05, 0) is 112 Å². The van der Waals surface area contributed by atoms with E-state index in [1.807, 2.05) is 69.4 Å². The number of benzene rings is 3. The molecule has 3 atom stereocenters. The first-order chi connectivity index (χ1) is 31.4. The van der Waals surface area contributed by atoms with Gasteiger partial charge in [0.25, 0.3) is 5.56 Å². The van der Waals surface area contributed by atoms with Crippen molar-refractivity contribution in [2.24, 2.45) is 5.92 Å². The van der Waals surface area contributed by atoms with Crippen molar-refractivity contribution in [1.82, 2.24) is 25.5 Å². The molecular formula is C50H58N6O9. The van der Waals surface area contributed by atoms with Gasteiger partial charge in [-0.25, -0.2) is 14.6 Å². The minimum absolute atomic E-state index is 0.0334. The highest BCUT2D eigenvalue weighted by molar-refractivity contribution is 5.97. The highest BCUT2D eigenvalue weighted by atomic mass is 16.6. The van der Waals surface area contributed by atoms with Crippen LogP contribution < -0.4 is 31.6 Å². The summed E-state index contributed by atoms with van der Waals surface area (Å²) in [5, 5.41) is 23.9. The number of carbonyl (C=O) groups excluding carboxylic acids is 4. The Morgan fingerprint density at radius 2 is 1.71 bits per heavy atom. The maximum atomic E-state index is 13.7. The molecule has 0 fully saturated rings. The molecule has 2 aliphatic heterocycles. The van der Waals surface area contributed by atoms with Gasteiger partial charge in [0.15, 0.2) is 5.60 Å². The zero-order chi connectivity index (χ0) is 46.1. The molecule has 15 nitrogen and oxygen atoms in total. The molecule has 15 heteroatoms. The van der Waals surface area contributed by atoms with Crippen LogP contribution in [0, 0.1) is 5.92 Å². The molecule has 342 valence electrons. The fraction of sp³-hybridized carbons (Fsp3) is 0.400. The van der Waals surface area contributed by atoms with Crippen molar-refractivity contribution in [1.29, 1.82) is 0 Å². The van der Waals surface area contributed by atoms with Gasteiger partial charge in [0.05, 0.1) is 35.6 Å². The number of alkyl carbamates (subject to hydrolysis) is 1. The lowest BCUT2D eigenvalue weighted by atomic mass is 9.86. The largest absolute Gasteiger partial charge is 0.494 e. The molecule has 0 aliphatic carbocycles. The Bertz CT molecular complexity index is 2600. The molecule has 0 unspecified atom stereocenters. The second-order valence-electron chi connectivity index (χ2n) is 16.7. The third-order valence-electron chi connectivity index (χ3n) is 12.2. The number of hydrogen-bond donors (Lipinski definition) is 5. The molecule has 5 N–H and O–H groups in total. The first-order valence-electron chi connectivity index (χ1n) is 22.5. The van der Waals surface area contributed by atoms with Crippen LogP contribution in [0.3, 0.4) is 0 Å². The summed E-state index contributed by atoms with van der Waals surface area (Å²) in [4.78, 5) is 70.2. The SMILES string of the molecule is CCc1c2c(nc3ccc(OCCCNC(=O)OCc4ccc(NC(=O)[C@H](CCCCNC)NC(=O)[C@@H](C)Cc5ccccc5)cc4)cc13)-c1cc3c(c(=O)n1C2)COC(=O)[C@]3(O)CC. The minimum atomic E-state index is -1.89. The van der Waals surface area contributed by atoms with Crippen molar-refractivity contribution < 1.29 is 38.5 Å². The number of aryl methyl sites for hydroxylation is 1. The van der Waals surface area contributed by atoms with Gasteiger partial charge >= 0.3 is 12.1 Å². The van der Waals surface area contributed by atoms with Crippen molar-refractivity contribution in [3.63, 3.8) is 0 Å². The van der Waals surface area contributed by atoms with Gasteiger partial charge in [-0.2, -0.15) is 0 Å². The van der Waals surface area contributed by atoms with Crippen LogP contribution in [-0.2, 0) is 62.1 Å². The van der Waals surface area contributed by atoms with Crippen molar-refractivity contribution in [2.45, 2.75) is 97.1 Å². The molecule has 2 aliphatic rings. The summed E-state index contributed by atoms with van der Waals surface area (Å²) in [7, 11) is 1.88. The summed E-state index contributed by atoms with van der Waals surface area (Å²) in [6.07, 6.45) is 3.42. The van der Waals surface area contributed by atoms with Crippen LogP contribution in [0.5, 0.6) is 5.75 Å². The topological polar surface area (TPSA) is 199 Å². The van der Waals surface area contributed by atoms with Gasteiger partial charge in [0, 0.05) is 34.7 Å². The highest BCUT2D eigenvalue weighted by Crippen LogP contribution is 2.41. The Morgan fingerprint density at radius 1 is 0.923 bits per heavy atom. The van der Waals surface area contributed by atoms with Crippen LogP contribution >= 0.6 is 0 Å². The molecule has 2 aromatic heterocycles. The molecule has 5 aromatic rings. The van der Waals surface area contributed by atoms with Gasteiger partial charge in [0.1, 0.15) is 25.0 Å². The normalized spacial score (nSPS) is 15.8. The Kier molecular flexibility index (Phi) is 15.0. The van der Waals surface area contributed by atoms with E-state index in [4.69, 9.17) is 19.2 Å². The third kappa shape index (κ3) is 10.5. The number of pyridine rings is 2. The number of carbonyl (C=O) groups is 4. The quantitative estimate of drug-likeness (QED) is 0.0443. The average Bonchev–Trinajstić information content (AvgIpc) is 3.68. The van der Waals surface area contributed by atoms with E-state index >= 15 is 0 Å². The number of nitrogens with zero attached hydrogens (tertiary/aromatic N) is 2. The Balaban J connectivity index is 0.873. The van der Waals surface area contributed by atoms with Crippen LogP contribution in [0.15, 0.2) is 83.7 Å². The number of ether oxygens (including phenoxy) is 3. The lowest BCUT2D eigenvalue weighted by molar-refractivity contribution is -0.172. The zero-order valence-electron chi connectivity index (χ0n) is 37.5. The fourth-order valence-electron chi connectivity index (χ4n) is 8.49. The van der Waals surface area contributed by atoms with Crippen molar-refractivity contribution >= 4 is 40.5 Å². The van der Waals surface area contributed by atoms with Gasteiger partial charge in [0.2, 0.25) is 11.8 Å². The number of nitrogens with one attached hydrogen (secondary N) is 4. The average molecular weight is 887 g/mol. The zero-order valence-corrected chi connectivity index (χ0v) is 37.5. The lowest BCUT2D eigenvalue weighted by Crippen LogP contribution is -2.46. The second-order valence-corrected chi connectivity index (χ2v) is 16.7. The number of aliphatic hydroxyl groups is 1. The van der Waals surface area contributed by atoms with E-state index in [0.29, 0.717) is 68.2 Å². The maximum absolute atomic E-state index is 13.7. The van der Waals surface area contributed by atoms with Gasteiger partial charge in [-0.3, -0.25) is 14.4 Å². The first kappa shape index (κ1) is 46.4.